The molecule has 1 aliphatic heterocycles. The average molecular weight is 273 g/mol. The molecular formula is C15H19N3O2. The van der Waals surface area contributed by atoms with E-state index in [2.05, 4.69) is 15.3 Å². The largest absolute Gasteiger partial charge is 0.368 e. The predicted molar refractivity (Wildman–Crippen MR) is 76.5 cm³/mol. The number of carbonyl (C=O) groups is 1. The molecule has 1 saturated heterocycles. The van der Waals surface area contributed by atoms with Crippen LogP contribution in [0.4, 0.5) is 0 Å². The Morgan fingerprint density at radius 1 is 1.55 bits per heavy atom. The molecule has 106 valence electrons. The average Bonchev–Trinajstić information content (AvgIpc) is 3.07. The van der Waals surface area contributed by atoms with Crippen LogP contribution >= 0.6 is 0 Å². The number of H-pyrrole nitrogens is 1. The van der Waals surface area contributed by atoms with E-state index in [1.165, 1.54) is 0 Å². The number of benzene rings is 1. The molecule has 2 aromatic rings. The number of fused-ring (bicyclic) bond motifs is 1. The number of ether oxygens (including phenoxy) is 1. The number of carbonyl (C=O) groups excluding carboxylic acids is 1. The van der Waals surface area contributed by atoms with Crippen LogP contribution in [0.5, 0.6) is 0 Å². The van der Waals surface area contributed by atoms with Crippen LogP contribution in [0, 0.1) is 6.92 Å². The molecule has 5 nitrogen and oxygen atoms in total. The Kier molecular flexibility index (Phi) is 3.69. The van der Waals surface area contributed by atoms with Crippen molar-refractivity contribution in [2.45, 2.75) is 32.3 Å². The van der Waals surface area contributed by atoms with Gasteiger partial charge < -0.3 is 15.0 Å². The second-order valence-corrected chi connectivity index (χ2v) is 5.20. The van der Waals surface area contributed by atoms with E-state index < -0.39 is 0 Å². The highest BCUT2D eigenvalue weighted by Gasteiger charge is 2.22. The van der Waals surface area contributed by atoms with E-state index in [-0.39, 0.29) is 12.0 Å². The third-order valence-electron chi connectivity index (χ3n) is 3.65. The number of hydrogen-bond donors (Lipinski definition) is 2. The van der Waals surface area contributed by atoms with Gasteiger partial charge in [0.15, 0.2) is 0 Å². The molecule has 1 aliphatic rings. The minimum Gasteiger partial charge on any atom is -0.368 e. The lowest BCUT2D eigenvalue weighted by Gasteiger charge is -2.09. The van der Waals surface area contributed by atoms with Crippen LogP contribution in [0.15, 0.2) is 18.2 Å². The zero-order chi connectivity index (χ0) is 13.9. The topological polar surface area (TPSA) is 67.0 Å². The van der Waals surface area contributed by atoms with Crippen molar-refractivity contribution in [3.63, 3.8) is 0 Å². The molecule has 2 heterocycles. The number of aryl methyl sites for hydroxylation is 1. The van der Waals surface area contributed by atoms with Crippen molar-refractivity contribution in [1.29, 1.82) is 0 Å². The Morgan fingerprint density at radius 3 is 3.20 bits per heavy atom. The Morgan fingerprint density at radius 2 is 2.45 bits per heavy atom. The number of para-hydroxylation sites is 1. The monoisotopic (exact) mass is 273 g/mol. The summed E-state index contributed by atoms with van der Waals surface area (Å²) in [6, 6.07) is 6.08. The van der Waals surface area contributed by atoms with Crippen molar-refractivity contribution in [3.8, 4) is 0 Å². The summed E-state index contributed by atoms with van der Waals surface area (Å²) in [5.74, 6) is 0.900. The zero-order valence-electron chi connectivity index (χ0n) is 11.6. The van der Waals surface area contributed by atoms with Gasteiger partial charge in [0.2, 0.25) is 5.91 Å². The van der Waals surface area contributed by atoms with Crippen molar-refractivity contribution < 1.29 is 9.53 Å². The molecule has 0 unspecified atom stereocenters. The summed E-state index contributed by atoms with van der Waals surface area (Å²) in [5.41, 5.74) is 3.21. The zero-order valence-corrected chi connectivity index (χ0v) is 11.6. The lowest BCUT2D eigenvalue weighted by Crippen LogP contribution is -2.35. The highest BCUT2D eigenvalue weighted by atomic mass is 16.5. The molecule has 3 rings (SSSR count). The number of nitrogens with one attached hydrogen (secondary N) is 2. The molecule has 2 N–H and O–H groups in total. The summed E-state index contributed by atoms with van der Waals surface area (Å²) < 4.78 is 5.35. The highest BCUT2D eigenvalue weighted by Crippen LogP contribution is 2.15. The Balaban J connectivity index is 1.57. The first-order valence-electron chi connectivity index (χ1n) is 7.07. The number of amides is 1. The van der Waals surface area contributed by atoms with Crippen LogP contribution in [0.25, 0.3) is 11.0 Å². The van der Waals surface area contributed by atoms with E-state index in [0.717, 1.165) is 35.3 Å². The summed E-state index contributed by atoms with van der Waals surface area (Å²) in [5, 5.41) is 2.91. The van der Waals surface area contributed by atoms with Gasteiger partial charge in [0.05, 0.1) is 11.0 Å². The van der Waals surface area contributed by atoms with Crippen molar-refractivity contribution in [3.05, 3.63) is 29.6 Å². The van der Waals surface area contributed by atoms with E-state index >= 15 is 0 Å². The number of aromatic amines is 1. The SMILES string of the molecule is Cc1cccc2[nH]c(CCNC(=O)[C@H]3CCCO3)nc12. The van der Waals surface area contributed by atoms with Crippen LogP contribution in [0.1, 0.15) is 24.2 Å². The van der Waals surface area contributed by atoms with Gasteiger partial charge in [-0.1, -0.05) is 12.1 Å². The smallest absolute Gasteiger partial charge is 0.249 e. The van der Waals surface area contributed by atoms with Crippen LogP contribution in [-0.2, 0) is 16.0 Å². The molecule has 0 saturated carbocycles. The predicted octanol–water partition coefficient (Wildman–Crippen LogP) is 1.71. The van der Waals surface area contributed by atoms with E-state index in [1.807, 2.05) is 25.1 Å². The first kappa shape index (κ1) is 13.1. The molecular weight excluding hydrogens is 254 g/mol. The summed E-state index contributed by atoms with van der Waals surface area (Å²) in [6.07, 6.45) is 2.25. The maximum Gasteiger partial charge on any atom is 0.249 e. The van der Waals surface area contributed by atoms with Crippen LogP contribution in [-0.4, -0.2) is 35.1 Å². The summed E-state index contributed by atoms with van der Waals surface area (Å²) in [4.78, 5) is 19.6. The number of rotatable bonds is 4. The van der Waals surface area contributed by atoms with Crippen molar-refractivity contribution in [2.75, 3.05) is 13.2 Å². The van der Waals surface area contributed by atoms with Crippen LogP contribution in [0.3, 0.4) is 0 Å². The number of nitrogens with zero attached hydrogens (tertiary/aromatic N) is 1. The van der Waals surface area contributed by atoms with Crippen LogP contribution < -0.4 is 5.32 Å². The molecule has 1 fully saturated rings. The molecule has 0 radical (unpaired) electrons. The molecule has 20 heavy (non-hydrogen) atoms. The quantitative estimate of drug-likeness (QED) is 0.891. The normalized spacial score (nSPS) is 18.6. The minimum atomic E-state index is -0.257. The van der Waals surface area contributed by atoms with Crippen molar-refractivity contribution in [1.82, 2.24) is 15.3 Å². The Hall–Kier alpha value is -1.88. The van der Waals surface area contributed by atoms with E-state index in [4.69, 9.17) is 4.74 Å². The van der Waals surface area contributed by atoms with E-state index in [1.54, 1.807) is 0 Å². The molecule has 5 heteroatoms. The van der Waals surface area contributed by atoms with Gasteiger partial charge in [-0.25, -0.2) is 4.98 Å². The maximum atomic E-state index is 11.8. The maximum absolute atomic E-state index is 11.8. The van der Waals surface area contributed by atoms with Gasteiger partial charge in [0.1, 0.15) is 11.9 Å². The minimum absolute atomic E-state index is 0.00482. The van der Waals surface area contributed by atoms with Crippen LogP contribution in [0.2, 0.25) is 0 Å². The fraction of sp³-hybridized carbons (Fsp3) is 0.467. The second kappa shape index (κ2) is 5.63. The number of aromatic nitrogens is 2. The molecule has 0 spiro atoms. The fourth-order valence-electron chi connectivity index (χ4n) is 2.55. The lowest BCUT2D eigenvalue weighted by molar-refractivity contribution is -0.129. The standard InChI is InChI=1S/C15H19N3O2/c1-10-4-2-5-11-14(10)18-13(17-11)7-8-16-15(19)12-6-3-9-20-12/h2,4-5,12H,3,6-9H2,1H3,(H,16,19)(H,17,18)/t12-/m1/s1. The third kappa shape index (κ3) is 2.67. The van der Waals surface area contributed by atoms with Crippen molar-refractivity contribution >= 4 is 16.9 Å². The Bertz CT molecular complexity index is 615. The van der Waals surface area contributed by atoms with Gasteiger partial charge in [0.25, 0.3) is 0 Å². The molecule has 0 aliphatic carbocycles. The van der Waals surface area contributed by atoms with Gasteiger partial charge in [-0.3, -0.25) is 4.79 Å². The lowest BCUT2D eigenvalue weighted by atomic mass is 10.2. The van der Waals surface area contributed by atoms with E-state index in [9.17, 15) is 4.79 Å². The van der Waals surface area contributed by atoms with E-state index in [0.29, 0.717) is 19.6 Å². The van der Waals surface area contributed by atoms with Gasteiger partial charge in [-0.05, 0) is 31.4 Å². The second-order valence-electron chi connectivity index (χ2n) is 5.20. The summed E-state index contributed by atoms with van der Waals surface area (Å²) >= 11 is 0. The van der Waals surface area contributed by atoms with Crippen molar-refractivity contribution in [2.24, 2.45) is 0 Å². The third-order valence-corrected chi connectivity index (χ3v) is 3.65. The molecule has 0 bridgehead atoms. The number of hydrogen-bond acceptors (Lipinski definition) is 3. The van der Waals surface area contributed by atoms with Gasteiger partial charge >= 0.3 is 0 Å². The van der Waals surface area contributed by atoms with Gasteiger partial charge in [-0.2, -0.15) is 0 Å². The highest BCUT2D eigenvalue weighted by molar-refractivity contribution is 5.81. The molecule has 1 aromatic carbocycles. The summed E-state index contributed by atoms with van der Waals surface area (Å²) in [6.45, 7) is 3.32. The molecule has 1 amide bonds. The first-order chi connectivity index (χ1) is 9.74. The fourth-order valence-corrected chi connectivity index (χ4v) is 2.55. The Labute approximate surface area is 117 Å². The molecule has 1 aromatic heterocycles. The van der Waals surface area contributed by atoms with Gasteiger partial charge in [0, 0.05) is 19.6 Å². The molecule has 1 atom stereocenters. The number of imidazole rings is 1. The van der Waals surface area contributed by atoms with Gasteiger partial charge in [-0.15, -0.1) is 0 Å². The summed E-state index contributed by atoms with van der Waals surface area (Å²) in [7, 11) is 0. The first-order valence-corrected chi connectivity index (χ1v) is 7.07.